The zero-order valence-corrected chi connectivity index (χ0v) is 12.9. The van der Waals surface area contributed by atoms with Gasteiger partial charge in [-0.3, -0.25) is 0 Å². The van der Waals surface area contributed by atoms with Crippen LogP contribution in [0.15, 0.2) is 0 Å². The van der Waals surface area contributed by atoms with Crippen molar-refractivity contribution in [2.45, 2.75) is 70.7 Å². The van der Waals surface area contributed by atoms with Gasteiger partial charge < -0.3 is 14.9 Å². The quantitative estimate of drug-likeness (QED) is 0.654. The van der Waals surface area contributed by atoms with Crippen LogP contribution in [0, 0.1) is 6.92 Å². The van der Waals surface area contributed by atoms with Gasteiger partial charge in [-0.15, -0.1) is 0 Å². The van der Waals surface area contributed by atoms with E-state index in [9.17, 15) is 0 Å². The highest BCUT2D eigenvalue weighted by atomic mass is 16.5. The van der Waals surface area contributed by atoms with Crippen LogP contribution in [0.4, 0.5) is 5.82 Å². The Kier molecular flexibility index (Phi) is 3.99. The Morgan fingerprint density at radius 1 is 1.19 bits per heavy atom. The van der Waals surface area contributed by atoms with E-state index < -0.39 is 0 Å². The molecule has 2 unspecified atom stereocenters. The van der Waals surface area contributed by atoms with E-state index in [2.05, 4.69) is 29.2 Å². The van der Waals surface area contributed by atoms with Crippen molar-refractivity contribution in [2.24, 2.45) is 5.84 Å². The van der Waals surface area contributed by atoms with Crippen LogP contribution < -0.4 is 16.0 Å². The summed E-state index contributed by atoms with van der Waals surface area (Å²) < 4.78 is 11.9. The maximum absolute atomic E-state index is 6.16. The molecule has 2 heterocycles. The van der Waals surface area contributed by atoms with E-state index in [0.29, 0.717) is 17.6 Å². The molecule has 0 bridgehead atoms. The first-order valence-corrected chi connectivity index (χ1v) is 7.74. The average Bonchev–Trinajstić information content (AvgIpc) is 3.24. The van der Waals surface area contributed by atoms with Gasteiger partial charge in [-0.2, -0.15) is 4.98 Å². The van der Waals surface area contributed by atoms with Crippen LogP contribution in [-0.2, 0) is 4.74 Å². The molecule has 3 N–H and O–H groups in total. The van der Waals surface area contributed by atoms with Crippen LogP contribution >= 0.6 is 0 Å². The molecule has 3 rings (SSSR count). The van der Waals surface area contributed by atoms with E-state index >= 15 is 0 Å². The molecule has 2 fully saturated rings. The molecule has 1 saturated carbocycles. The topological polar surface area (TPSA) is 82.3 Å². The van der Waals surface area contributed by atoms with E-state index in [0.717, 1.165) is 37.1 Å². The lowest BCUT2D eigenvalue weighted by Crippen LogP contribution is -2.36. The van der Waals surface area contributed by atoms with Crippen molar-refractivity contribution in [1.82, 2.24) is 9.97 Å². The predicted octanol–water partition coefficient (Wildman–Crippen LogP) is 2.28. The molecule has 2 atom stereocenters. The van der Waals surface area contributed by atoms with Gasteiger partial charge in [-0.05, 0) is 33.6 Å². The highest BCUT2D eigenvalue weighted by molar-refractivity contribution is 5.48. The van der Waals surface area contributed by atoms with Gasteiger partial charge in [0.15, 0.2) is 0 Å². The molecule has 1 saturated heterocycles. The Bertz CT molecular complexity index is 509. The van der Waals surface area contributed by atoms with E-state index in [-0.39, 0.29) is 18.3 Å². The second kappa shape index (κ2) is 5.77. The fraction of sp³-hybridized carbons (Fsp3) is 0.733. The predicted molar refractivity (Wildman–Crippen MR) is 80.2 cm³/mol. The number of rotatable bonds is 4. The monoisotopic (exact) mass is 292 g/mol. The summed E-state index contributed by atoms with van der Waals surface area (Å²) in [6, 6.07) is 0. The molecule has 6 nitrogen and oxygen atoms in total. The van der Waals surface area contributed by atoms with Gasteiger partial charge in [0.05, 0.1) is 17.8 Å². The molecule has 1 aliphatic carbocycles. The van der Waals surface area contributed by atoms with Crippen LogP contribution in [-0.4, -0.2) is 28.3 Å². The number of nitrogen functional groups attached to an aromatic ring is 1. The Hall–Kier alpha value is -1.40. The van der Waals surface area contributed by atoms with Crippen molar-refractivity contribution in [3.8, 4) is 5.88 Å². The summed E-state index contributed by atoms with van der Waals surface area (Å²) in [5.41, 5.74) is 3.53. The molecule has 6 heteroatoms. The van der Waals surface area contributed by atoms with Crippen molar-refractivity contribution in [2.75, 3.05) is 5.43 Å². The standard InChI is InChI=1S/C15H24N4O2/c1-8-6-12(7-9(2)20-8)21-15-10(3)13(19-16)17-14(18-15)11-4-5-11/h8-9,11-12H,4-7,16H2,1-3H3,(H,17,18,19). The minimum atomic E-state index is 0.134. The van der Waals surface area contributed by atoms with Gasteiger partial charge in [0.2, 0.25) is 5.88 Å². The van der Waals surface area contributed by atoms with E-state index in [1.54, 1.807) is 0 Å². The highest BCUT2D eigenvalue weighted by Gasteiger charge is 2.30. The fourth-order valence-electron chi connectivity index (χ4n) is 2.89. The molecule has 1 aliphatic heterocycles. The summed E-state index contributed by atoms with van der Waals surface area (Å²) >= 11 is 0. The number of nitrogens with one attached hydrogen (secondary N) is 1. The Labute approximate surface area is 125 Å². The lowest BCUT2D eigenvalue weighted by atomic mass is 10.0. The number of nitrogens with two attached hydrogens (primary N) is 1. The number of hydrazine groups is 1. The van der Waals surface area contributed by atoms with Gasteiger partial charge in [0, 0.05) is 18.8 Å². The Morgan fingerprint density at radius 2 is 1.86 bits per heavy atom. The maximum atomic E-state index is 6.16. The molecule has 21 heavy (non-hydrogen) atoms. The second-order valence-electron chi connectivity index (χ2n) is 6.25. The van der Waals surface area contributed by atoms with Crippen LogP contribution in [0.25, 0.3) is 0 Å². The summed E-state index contributed by atoms with van der Waals surface area (Å²) in [4.78, 5) is 9.10. The van der Waals surface area contributed by atoms with Gasteiger partial charge in [0.1, 0.15) is 17.7 Å². The molecule has 0 amide bonds. The molecule has 0 radical (unpaired) electrons. The molecule has 1 aromatic heterocycles. The largest absolute Gasteiger partial charge is 0.474 e. The Morgan fingerprint density at radius 3 is 2.43 bits per heavy atom. The summed E-state index contributed by atoms with van der Waals surface area (Å²) in [5.74, 6) is 8.20. The zero-order valence-electron chi connectivity index (χ0n) is 12.9. The smallest absolute Gasteiger partial charge is 0.222 e. The zero-order chi connectivity index (χ0) is 15.0. The van der Waals surface area contributed by atoms with Crippen molar-refractivity contribution in [1.29, 1.82) is 0 Å². The first-order chi connectivity index (χ1) is 10.1. The van der Waals surface area contributed by atoms with Crippen LogP contribution in [0.1, 0.15) is 56.8 Å². The van der Waals surface area contributed by atoms with Crippen molar-refractivity contribution in [3.63, 3.8) is 0 Å². The number of anilines is 1. The average molecular weight is 292 g/mol. The number of nitrogens with zero attached hydrogens (tertiary/aromatic N) is 2. The minimum absolute atomic E-state index is 0.134. The number of hydrogen-bond donors (Lipinski definition) is 2. The van der Waals surface area contributed by atoms with Crippen molar-refractivity contribution in [3.05, 3.63) is 11.4 Å². The highest BCUT2D eigenvalue weighted by Crippen LogP contribution is 2.40. The minimum Gasteiger partial charge on any atom is -0.474 e. The molecule has 0 aromatic carbocycles. The van der Waals surface area contributed by atoms with E-state index in [1.807, 2.05) is 6.92 Å². The third kappa shape index (κ3) is 3.27. The third-order valence-corrected chi connectivity index (χ3v) is 4.13. The van der Waals surface area contributed by atoms with Crippen LogP contribution in [0.3, 0.4) is 0 Å². The maximum Gasteiger partial charge on any atom is 0.222 e. The lowest BCUT2D eigenvalue weighted by Gasteiger charge is -2.32. The third-order valence-electron chi connectivity index (χ3n) is 4.13. The van der Waals surface area contributed by atoms with Gasteiger partial charge >= 0.3 is 0 Å². The molecule has 1 aromatic rings. The fourth-order valence-corrected chi connectivity index (χ4v) is 2.89. The SMILES string of the molecule is Cc1c(NN)nc(C2CC2)nc1OC1CC(C)OC(C)C1. The number of ether oxygens (including phenoxy) is 2. The van der Waals surface area contributed by atoms with E-state index in [4.69, 9.17) is 15.3 Å². The summed E-state index contributed by atoms with van der Waals surface area (Å²) in [6.45, 7) is 6.11. The molecule has 0 spiro atoms. The molecule has 116 valence electrons. The normalized spacial score (nSPS) is 29.2. The van der Waals surface area contributed by atoms with Gasteiger partial charge in [0.25, 0.3) is 0 Å². The number of hydrogen-bond acceptors (Lipinski definition) is 6. The van der Waals surface area contributed by atoms with Gasteiger partial charge in [-0.1, -0.05) is 0 Å². The van der Waals surface area contributed by atoms with Crippen LogP contribution in [0.5, 0.6) is 5.88 Å². The first-order valence-electron chi connectivity index (χ1n) is 7.74. The Balaban J connectivity index is 1.81. The summed E-state index contributed by atoms with van der Waals surface area (Å²) in [6.07, 6.45) is 4.65. The molecular weight excluding hydrogens is 268 g/mol. The van der Waals surface area contributed by atoms with Crippen molar-refractivity contribution < 1.29 is 9.47 Å². The second-order valence-corrected chi connectivity index (χ2v) is 6.25. The molecular formula is C15H24N4O2. The lowest BCUT2D eigenvalue weighted by molar-refractivity contribution is -0.0731. The van der Waals surface area contributed by atoms with Crippen molar-refractivity contribution >= 4 is 5.82 Å². The molecule has 2 aliphatic rings. The van der Waals surface area contributed by atoms with Crippen LogP contribution in [0.2, 0.25) is 0 Å². The van der Waals surface area contributed by atoms with E-state index in [1.165, 1.54) is 0 Å². The number of aromatic nitrogens is 2. The first kappa shape index (κ1) is 14.5. The summed E-state index contributed by atoms with van der Waals surface area (Å²) in [5, 5.41) is 0. The summed E-state index contributed by atoms with van der Waals surface area (Å²) in [7, 11) is 0. The van der Waals surface area contributed by atoms with Gasteiger partial charge in [-0.25, -0.2) is 10.8 Å².